The minimum Gasteiger partial charge on any atom is -0.460 e. The fraction of sp³-hybridized carbons (Fsp3) is 0.650. The normalized spacial score (nSPS) is 13.4. The van der Waals surface area contributed by atoms with Gasteiger partial charge in [-0.3, -0.25) is 8.98 Å². The molecule has 1 rings (SSSR count). The van der Waals surface area contributed by atoms with Crippen LogP contribution in [0.25, 0.3) is 0 Å². The zero-order chi connectivity index (χ0) is 19.8. The maximum absolute atomic E-state index is 12.4. The minimum atomic E-state index is -3.89. The maximum atomic E-state index is 12.4. The summed E-state index contributed by atoms with van der Waals surface area (Å²) in [5.41, 5.74) is 0.348. The van der Waals surface area contributed by atoms with Gasteiger partial charge in [0.1, 0.15) is 5.60 Å². The van der Waals surface area contributed by atoms with Crippen LogP contribution in [0.1, 0.15) is 65.4 Å². The molecule has 0 fully saturated rings. The molecule has 0 aliphatic carbocycles. The van der Waals surface area contributed by atoms with E-state index in [1.165, 1.54) is 12.1 Å². The Balaban J connectivity index is 2.76. The summed E-state index contributed by atoms with van der Waals surface area (Å²) in [4.78, 5) is 12.5. The molecule has 26 heavy (non-hydrogen) atoms. The molecule has 0 aromatic heterocycles. The Hall–Kier alpha value is -1.40. The molecule has 0 amide bonds. The molecule has 0 saturated heterocycles. The van der Waals surface area contributed by atoms with Crippen molar-refractivity contribution in [2.75, 3.05) is 6.61 Å². The second kappa shape index (κ2) is 10.1. The van der Waals surface area contributed by atoms with Crippen molar-refractivity contribution >= 4 is 16.1 Å². The molecule has 0 radical (unpaired) electrons. The fourth-order valence-electron chi connectivity index (χ4n) is 2.42. The van der Waals surface area contributed by atoms with Crippen molar-refractivity contribution in [1.82, 2.24) is 0 Å². The summed E-state index contributed by atoms with van der Waals surface area (Å²) in [6.07, 6.45) is 4.57. The predicted molar refractivity (Wildman–Crippen MR) is 102 cm³/mol. The number of unbranched alkanes of at least 4 members (excludes halogenated alkanes) is 3. The first-order chi connectivity index (χ1) is 12.0. The number of ether oxygens (including phenoxy) is 1. The van der Waals surface area contributed by atoms with E-state index >= 15 is 0 Å². The fourth-order valence-corrected chi connectivity index (χ4v) is 3.37. The van der Waals surface area contributed by atoms with E-state index in [1.807, 2.05) is 6.92 Å². The van der Waals surface area contributed by atoms with Crippen molar-refractivity contribution in [3.05, 3.63) is 29.8 Å². The molecule has 0 N–H and O–H groups in total. The van der Waals surface area contributed by atoms with Gasteiger partial charge in [0.2, 0.25) is 0 Å². The number of esters is 1. The van der Waals surface area contributed by atoms with E-state index in [4.69, 9.17) is 8.92 Å². The minimum absolute atomic E-state index is 0.0945. The molecule has 0 aliphatic heterocycles. The summed E-state index contributed by atoms with van der Waals surface area (Å²) < 4.78 is 35.3. The highest BCUT2D eigenvalue weighted by Crippen LogP contribution is 2.20. The first-order valence-corrected chi connectivity index (χ1v) is 10.6. The van der Waals surface area contributed by atoms with Crippen LogP contribution in [0.4, 0.5) is 0 Å². The van der Waals surface area contributed by atoms with Gasteiger partial charge in [-0.1, -0.05) is 50.3 Å². The van der Waals surface area contributed by atoms with E-state index in [0.717, 1.165) is 31.2 Å². The lowest BCUT2D eigenvalue weighted by molar-refractivity contribution is -0.161. The van der Waals surface area contributed by atoms with E-state index in [-0.39, 0.29) is 11.5 Å². The summed E-state index contributed by atoms with van der Waals surface area (Å²) in [6, 6.07) is 6.45. The van der Waals surface area contributed by atoms with Crippen LogP contribution in [-0.4, -0.2) is 26.6 Å². The summed E-state index contributed by atoms with van der Waals surface area (Å²) in [7, 11) is -3.89. The average Bonchev–Trinajstić information content (AvgIpc) is 2.52. The second-order valence-corrected chi connectivity index (χ2v) is 9.25. The van der Waals surface area contributed by atoms with Crippen LogP contribution in [0.3, 0.4) is 0 Å². The second-order valence-electron chi connectivity index (χ2n) is 7.63. The molecule has 0 spiro atoms. The smallest absolute Gasteiger partial charge is 0.311 e. The summed E-state index contributed by atoms with van der Waals surface area (Å²) in [5, 5.41) is 0. The highest BCUT2D eigenvalue weighted by molar-refractivity contribution is 7.86. The molecular formula is C20H32O5S. The molecule has 1 atom stereocenters. The first kappa shape index (κ1) is 22.6. The standard InChI is InChI=1S/C20H32O5S/c1-6-7-8-9-10-17(19(21)25-20(3,4)5)15-24-26(22,23)18-13-11-16(2)12-14-18/h11-14,17H,6-10,15H2,1-5H3. The van der Waals surface area contributed by atoms with Crippen LogP contribution in [-0.2, 0) is 23.8 Å². The van der Waals surface area contributed by atoms with Crippen LogP contribution in [0, 0.1) is 12.8 Å². The first-order valence-electron chi connectivity index (χ1n) is 9.24. The van der Waals surface area contributed by atoms with Gasteiger partial charge < -0.3 is 4.74 Å². The molecular weight excluding hydrogens is 352 g/mol. The van der Waals surface area contributed by atoms with Crippen molar-refractivity contribution in [2.45, 2.75) is 77.2 Å². The van der Waals surface area contributed by atoms with E-state index < -0.39 is 27.6 Å². The Morgan fingerprint density at radius 2 is 1.69 bits per heavy atom. The monoisotopic (exact) mass is 384 g/mol. The van der Waals surface area contributed by atoms with Crippen LogP contribution in [0.2, 0.25) is 0 Å². The Kier molecular flexibility index (Phi) is 8.77. The third-order valence-electron chi connectivity index (χ3n) is 3.88. The van der Waals surface area contributed by atoms with Gasteiger partial charge in [0.15, 0.2) is 0 Å². The Morgan fingerprint density at radius 3 is 2.23 bits per heavy atom. The van der Waals surface area contributed by atoms with Gasteiger partial charge in [0.05, 0.1) is 17.4 Å². The molecule has 6 heteroatoms. The van der Waals surface area contributed by atoms with Crippen LogP contribution < -0.4 is 0 Å². The van der Waals surface area contributed by atoms with Crippen LogP contribution >= 0.6 is 0 Å². The molecule has 0 heterocycles. The number of rotatable bonds is 10. The summed E-state index contributed by atoms with van der Waals surface area (Å²) >= 11 is 0. The van der Waals surface area contributed by atoms with Crippen molar-refractivity contribution in [1.29, 1.82) is 0 Å². The van der Waals surface area contributed by atoms with Gasteiger partial charge in [0.25, 0.3) is 10.1 Å². The van der Waals surface area contributed by atoms with Crippen molar-refractivity contribution in [2.24, 2.45) is 5.92 Å². The maximum Gasteiger partial charge on any atom is 0.311 e. The number of aryl methyl sites for hydroxylation is 1. The molecule has 1 aromatic rings. The topological polar surface area (TPSA) is 69.7 Å². The van der Waals surface area contributed by atoms with E-state index in [0.29, 0.717) is 6.42 Å². The van der Waals surface area contributed by atoms with Gasteiger partial charge in [-0.25, -0.2) is 0 Å². The molecule has 1 aromatic carbocycles. The summed E-state index contributed by atoms with van der Waals surface area (Å²) in [5.74, 6) is -1.00. The van der Waals surface area contributed by atoms with Gasteiger partial charge in [0, 0.05) is 0 Å². The Labute approximate surface area is 158 Å². The molecule has 0 aliphatic rings. The average molecular weight is 385 g/mol. The quantitative estimate of drug-likeness (QED) is 0.334. The van der Waals surface area contributed by atoms with E-state index in [2.05, 4.69) is 6.92 Å². The molecule has 5 nitrogen and oxygen atoms in total. The van der Waals surface area contributed by atoms with Crippen molar-refractivity contribution in [3.8, 4) is 0 Å². The largest absolute Gasteiger partial charge is 0.460 e. The number of carbonyl (C=O) groups is 1. The lowest BCUT2D eigenvalue weighted by atomic mass is 10.0. The number of hydrogen-bond acceptors (Lipinski definition) is 5. The van der Waals surface area contributed by atoms with Gasteiger partial charge in [-0.2, -0.15) is 8.42 Å². The number of carbonyl (C=O) groups excluding carboxylic acids is 1. The Bertz CT molecular complexity index is 656. The van der Waals surface area contributed by atoms with Crippen molar-refractivity contribution in [3.63, 3.8) is 0 Å². The highest BCUT2D eigenvalue weighted by Gasteiger charge is 2.27. The number of hydrogen-bond donors (Lipinski definition) is 0. The number of benzene rings is 1. The van der Waals surface area contributed by atoms with Crippen molar-refractivity contribution < 1.29 is 22.1 Å². The SMILES string of the molecule is CCCCCCC(COS(=O)(=O)c1ccc(C)cc1)C(=O)OC(C)(C)C. The zero-order valence-corrected chi connectivity index (χ0v) is 17.4. The van der Waals surface area contributed by atoms with E-state index in [9.17, 15) is 13.2 Å². The van der Waals surface area contributed by atoms with E-state index in [1.54, 1.807) is 32.9 Å². The van der Waals surface area contributed by atoms with Crippen LogP contribution in [0.15, 0.2) is 29.2 Å². The van der Waals surface area contributed by atoms with Crippen LogP contribution in [0.5, 0.6) is 0 Å². The predicted octanol–water partition coefficient (Wildman–Crippen LogP) is 4.63. The molecule has 0 bridgehead atoms. The molecule has 148 valence electrons. The zero-order valence-electron chi connectivity index (χ0n) is 16.6. The Morgan fingerprint density at radius 1 is 1.08 bits per heavy atom. The van der Waals surface area contributed by atoms with Gasteiger partial charge in [-0.05, 0) is 46.2 Å². The third kappa shape index (κ3) is 8.32. The summed E-state index contributed by atoms with van der Waals surface area (Å²) in [6.45, 7) is 9.18. The van der Waals surface area contributed by atoms with Gasteiger partial charge >= 0.3 is 5.97 Å². The lowest BCUT2D eigenvalue weighted by Gasteiger charge is -2.24. The molecule has 0 saturated carbocycles. The van der Waals surface area contributed by atoms with Gasteiger partial charge in [-0.15, -0.1) is 0 Å². The lowest BCUT2D eigenvalue weighted by Crippen LogP contribution is -2.31. The molecule has 1 unspecified atom stereocenters. The third-order valence-corrected chi connectivity index (χ3v) is 5.18. The highest BCUT2D eigenvalue weighted by atomic mass is 32.2.